The summed E-state index contributed by atoms with van der Waals surface area (Å²) in [6.07, 6.45) is 73.9. The molecule has 0 spiro atoms. The summed E-state index contributed by atoms with van der Waals surface area (Å²) in [6.45, 7) is 6.39. The number of hydrogen-bond donors (Lipinski definition) is 0. The number of ether oxygens (including phenoxy) is 3. The number of hydrogen-bond acceptors (Lipinski definition) is 6. The predicted octanol–water partition coefficient (Wildman–Crippen LogP) is 18.3. The normalized spacial score (nSPS) is 12.9. The Morgan fingerprint density at radius 3 is 0.970 bits per heavy atom. The molecule has 0 saturated heterocycles. The van der Waals surface area contributed by atoms with Crippen LogP contribution in [0.15, 0.2) is 109 Å². The van der Waals surface area contributed by atoms with Crippen molar-refractivity contribution in [1.82, 2.24) is 0 Å². The van der Waals surface area contributed by atoms with Gasteiger partial charge in [0.1, 0.15) is 13.2 Å². The highest BCUT2D eigenvalue weighted by Crippen LogP contribution is 2.13. The Bertz CT molecular complexity index is 1390. The van der Waals surface area contributed by atoms with Gasteiger partial charge in [-0.05, 0) is 96.3 Å². The van der Waals surface area contributed by atoms with Gasteiger partial charge in [0.25, 0.3) is 0 Å². The van der Waals surface area contributed by atoms with Crippen molar-refractivity contribution in [3.63, 3.8) is 0 Å². The van der Waals surface area contributed by atoms with Gasteiger partial charge in [-0.1, -0.05) is 233 Å². The molecule has 0 N–H and O–H groups in total. The quantitative estimate of drug-likeness (QED) is 0.0262. The van der Waals surface area contributed by atoms with Gasteiger partial charge in [-0.3, -0.25) is 14.4 Å². The van der Waals surface area contributed by atoms with Crippen LogP contribution in [0.25, 0.3) is 0 Å². The first-order chi connectivity index (χ1) is 33.0. The lowest BCUT2D eigenvalue weighted by atomic mass is 10.1. The molecule has 0 aromatic rings. The lowest BCUT2D eigenvalue weighted by molar-refractivity contribution is -0.166. The zero-order chi connectivity index (χ0) is 48.6. The molecule has 0 aliphatic rings. The van der Waals surface area contributed by atoms with Crippen molar-refractivity contribution in [2.45, 2.75) is 245 Å². The average Bonchev–Trinajstić information content (AvgIpc) is 3.33. The van der Waals surface area contributed by atoms with Gasteiger partial charge >= 0.3 is 17.9 Å². The number of allylic oxidation sites excluding steroid dienone is 18. The van der Waals surface area contributed by atoms with Crippen molar-refractivity contribution in [1.29, 1.82) is 0 Å². The van der Waals surface area contributed by atoms with Crippen LogP contribution in [0, 0.1) is 0 Å². The number of unbranched alkanes of at least 4 members (excludes halogenated alkanes) is 19. The molecular formula is C61H100O6. The van der Waals surface area contributed by atoms with E-state index in [1.807, 2.05) is 12.2 Å². The van der Waals surface area contributed by atoms with Gasteiger partial charge in [-0.2, -0.15) is 0 Å². The Balaban J connectivity index is 4.35. The summed E-state index contributed by atoms with van der Waals surface area (Å²) in [6, 6.07) is 0. The van der Waals surface area contributed by atoms with E-state index in [0.717, 1.165) is 96.3 Å². The molecule has 0 radical (unpaired) electrons. The number of rotatable bonds is 48. The van der Waals surface area contributed by atoms with Crippen molar-refractivity contribution in [3.8, 4) is 0 Å². The van der Waals surface area contributed by atoms with Crippen molar-refractivity contribution >= 4 is 17.9 Å². The van der Waals surface area contributed by atoms with Crippen LogP contribution in [0.5, 0.6) is 0 Å². The van der Waals surface area contributed by atoms with Crippen LogP contribution < -0.4 is 0 Å². The maximum atomic E-state index is 12.8. The highest BCUT2D eigenvalue weighted by Gasteiger charge is 2.19. The largest absolute Gasteiger partial charge is 0.462 e. The van der Waals surface area contributed by atoms with Crippen molar-refractivity contribution in [2.75, 3.05) is 13.2 Å². The topological polar surface area (TPSA) is 78.9 Å². The van der Waals surface area contributed by atoms with Gasteiger partial charge in [-0.25, -0.2) is 0 Å². The minimum atomic E-state index is -0.820. The van der Waals surface area contributed by atoms with Crippen molar-refractivity contribution in [3.05, 3.63) is 109 Å². The molecule has 380 valence electrons. The maximum Gasteiger partial charge on any atom is 0.306 e. The molecule has 0 aromatic heterocycles. The van der Waals surface area contributed by atoms with E-state index in [0.29, 0.717) is 19.3 Å². The summed E-state index contributed by atoms with van der Waals surface area (Å²) < 4.78 is 16.7. The second-order valence-corrected chi connectivity index (χ2v) is 17.8. The highest BCUT2D eigenvalue weighted by molar-refractivity contribution is 5.71. The van der Waals surface area contributed by atoms with E-state index in [4.69, 9.17) is 14.2 Å². The fraction of sp³-hybridized carbons (Fsp3) is 0.656. The zero-order valence-electron chi connectivity index (χ0n) is 43.4. The first kappa shape index (κ1) is 63.1. The fourth-order valence-electron chi connectivity index (χ4n) is 7.18. The molecule has 0 fully saturated rings. The average molecular weight is 929 g/mol. The first-order valence-corrected chi connectivity index (χ1v) is 27.4. The van der Waals surface area contributed by atoms with Gasteiger partial charge in [0, 0.05) is 19.3 Å². The van der Waals surface area contributed by atoms with Crippen LogP contribution in [0.4, 0.5) is 0 Å². The van der Waals surface area contributed by atoms with E-state index < -0.39 is 12.1 Å². The molecular weight excluding hydrogens is 829 g/mol. The SMILES string of the molecule is CC/C=C\C/C=C\C/C=C\C/C=C\C/C=C\C/C=C\CCC(=O)OC(COC(=O)CCCCCCCCC)COC(=O)CCCCCCCCCC/C=C\C/C=C\C/C=C\CCCCCCC. The molecule has 0 bridgehead atoms. The Labute approximate surface area is 412 Å². The monoisotopic (exact) mass is 929 g/mol. The van der Waals surface area contributed by atoms with Gasteiger partial charge in [0.2, 0.25) is 0 Å². The summed E-state index contributed by atoms with van der Waals surface area (Å²) in [5.74, 6) is -1.01. The summed E-state index contributed by atoms with van der Waals surface area (Å²) >= 11 is 0. The molecule has 67 heavy (non-hydrogen) atoms. The van der Waals surface area contributed by atoms with Crippen LogP contribution in [0.1, 0.15) is 239 Å². The Morgan fingerprint density at radius 1 is 0.313 bits per heavy atom. The van der Waals surface area contributed by atoms with E-state index in [1.54, 1.807) is 0 Å². The van der Waals surface area contributed by atoms with Crippen LogP contribution in [0.2, 0.25) is 0 Å². The van der Waals surface area contributed by atoms with Gasteiger partial charge < -0.3 is 14.2 Å². The van der Waals surface area contributed by atoms with E-state index >= 15 is 0 Å². The summed E-state index contributed by atoms with van der Waals surface area (Å²) in [5.41, 5.74) is 0. The van der Waals surface area contributed by atoms with Gasteiger partial charge in [0.05, 0.1) is 0 Å². The highest BCUT2D eigenvalue weighted by atomic mass is 16.6. The van der Waals surface area contributed by atoms with Crippen LogP contribution in [-0.4, -0.2) is 37.2 Å². The third-order valence-electron chi connectivity index (χ3n) is 11.3. The van der Waals surface area contributed by atoms with E-state index in [9.17, 15) is 14.4 Å². The molecule has 0 saturated carbocycles. The Kier molecular flexibility index (Phi) is 51.5. The maximum absolute atomic E-state index is 12.8. The van der Waals surface area contributed by atoms with Crippen molar-refractivity contribution in [2.24, 2.45) is 0 Å². The molecule has 0 amide bonds. The van der Waals surface area contributed by atoms with Gasteiger partial charge in [0.15, 0.2) is 6.10 Å². The Hall–Kier alpha value is -3.93. The lowest BCUT2D eigenvalue weighted by Gasteiger charge is -2.18. The Morgan fingerprint density at radius 2 is 0.612 bits per heavy atom. The summed E-state index contributed by atoms with van der Waals surface area (Å²) in [5, 5.41) is 0. The van der Waals surface area contributed by atoms with E-state index in [-0.39, 0.29) is 31.6 Å². The molecule has 0 aliphatic heterocycles. The number of carbonyl (C=O) groups excluding carboxylic acids is 3. The second kappa shape index (κ2) is 54.7. The van der Waals surface area contributed by atoms with Crippen molar-refractivity contribution < 1.29 is 28.6 Å². The van der Waals surface area contributed by atoms with E-state index in [2.05, 4.69) is 118 Å². The molecule has 1 atom stereocenters. The minimum absolute atomic E-state index is 0.112. The van der Waals surface area contributed by atoms with E-state index in [1.165, 1.54) is 96.3 Å². The fourth-order valence-corrected chi connectivity index (χ4v) is 7.18. The standard InChI is InChI=1S/C61H100O6/c1-4-7-10-13-16-18-20-22-24-26-28-29-30-31-33-34-36-38-40-42-45-48-51-54-60(63)66-57-58(56-65-59(62)53-50-47-44-15-12-9-6-3)67-61(64)55-52-49-46-43-41-39-37-35-32-27-25-23-21-19-17-14-11-8-5-2/h8,11,17,19-20,22-23,25-26,28,30-32,35,39,41,46,49,58H,4-7,9-10,12-16,18,21,24,27,29,33-34,36-38,40,42-45,47-48,50-57H2,1-3H3/b11-8-,19-17-,22-20-,25-23-,28-26-,31-30-,35-32-,41-39-,49-46-. The molecule has 0 rings (SSSR count). The van der Waals surface area contributed by atoms with Crippen LogP contribution >= 0.6 is 0 Å². The summed E-state index contributed by atoms with van der Waals surface area (Å²) in [7, 11) is 0. The second-order valence-electron chi connectivity index (χ2n) is 17.8. The first-order valence-electron chi connectivity index (χ1n) is 27.4. The zero-order valence-corrected chi connectivity index (χ0v) is 43.4. The van der Waals surface area contributed by atoms with Crippen LogP contribution in [-0.2, 0) is 28.6 Å². The molecule has 6 heteroatoms. The third-order valence-corrected chi connectivity index (χ3v) is 11.3. The van der Waals surface area contributed by atoms with Crippen LogP contribution in [0.3, 0.4) is 0 Å². The molecule has 0 aliphatic carbocycles. The molecule has 6 nitrogen and oxygen atoms in total. The molecule has 0 heterocycles. The van der Waals surface area contributed by atoms with Gasteiger partial charge in [-0.15, -0.1) is 0 Å². The number of esters is 3. The third kappa shape index (κ3) is 52.9. The molecule has 1 unspecified atom stereocenters. The number of carbonyl (C=O) groups is 3. The lowest BCUT2D eigenvalue weighted by Crippen LogP contribution is -2.30. The summed E-state index contributed by atoms with van der Waals surface area (Å²) in [4.78, 5) is 37.8. The minimum Gasteiger partial charge on any atom is -0.462 e. The molecule has 0 aromatic carbocycles. The predicted molar refractivity (Wildman–Crippen MR) is 288 cm³/mol. The smallest absolute Gasteiger partial charge is 0.306 e.